The fraction of sp³-hybridized carbons (Fsp3) is 0.393. The van der Waals surface area contributed by atoms with Crippen molar-refractivity contribution in [3.05, 3.63) is 77.4 Å². The fourth-order valence-electron chi connectivity index (χ4n) is 5.50. The molecule has 0 bridgehead atoms. The van der Waals surface area contributed by atoms with Crippen LogP contribution in [-0.4, -0.2) is 36.3 Å². The first-order chi connectivity index (χ1) is 17.6. The van der Waals surface area contributed by atoms with Gasteiger partial charge in [0.15, 0.2) is 5.82 Å². The third-order valence-electron chi connectivity index (χ3n) is 7.49. The van der Waals surface area contributed by atoms with Crippen molar-refractivity contribution in [3.8, 4) is 11.1 Å². The summed E-state index contributed by atoms with van der Waals surface area (Å²) in [7, 11) is 0. The molecule has 184 valence electrons. The predicted molar refractivity (Wildman–Crippen MR) is 137 cm³/mol. The molecular weight excluding hydrogens is 450 g/mol. The number of anilines is 1. The lowest BCUT2D eigenvalue weighted by Crippen LogP contribution is -2.31. The van der Waals surface area contributed by atoms with Crippen LogP contribution in [0.25, 0.3) is 11.1 Å². The molecule has 1 amide bonds. The molecule has 2 fully saturated rings. The number of pyridine rings is 1. The maximum atomic E-state index is 13.8. The van der Waals surface area contributed by atoms with E-state index in [-0.39, 0.29) is 11.8 Å². The zero-order valence-electron chi connectivity index (χ0n) is 20.7. The number of amides is 1. The molecule has 4 aromatic rings. The molecule has 1 atom stereocenters. The number of hydrogen-bond acceptors (Lipinski definition) is 5. The number of aryl methyl sites for hydroxylation is 2. The molecule has 0 radical (unpaired) electrons. The van der Waals surface area contributed by atoms with Crippen molar-refractivity contribution in [2.24, 2.45) is 17.8 Å². The Labute approximate surface area is 210 Å². The Morgan fingerprint density at radius 3 is 2.39 bits per heavy atom. The third-order valence-corrected chi connectivity index (χ3v) is 7.49. The Balaban J connectivity index is 1.24. The van der Waals surface area contributed by atoms with Crippen molar-refractivity contribution in [2.45, 2.75) is 51.9 Å². The van der Waals surface area contributed by atoms with Crippen molar-refractivity contribution in [3.63, 3.8) is 0 Å². The van der Waals surface area contributed by atoms with Gasteiger partial charge in [0, 0.05) is 35.8 Å². The number of carbonyl (C=O) groups is 1. The smallest absolute Gasteiger partial charge is 0.235 e. The monoisotopic (exact) mass is 481 g/mol. The van der Waals surface area contributed by atoms with Crippen molar-refractivity contribution in [1.82, 2.24) is 30.4 Å². The molecular formula is C28H31N7O. The van der Waals surface area contributed by atoms with Gasteiger partial charge in [0.25, 0.3) is 0 Å². The second kappa shape index (κ2) is 9.33. The number of rotatable bonds is 9. The third kappa shape index (κ3) is 4.67. The Morgan fingerprint density at radius 1 is 1.03 bits per heavy atom. The number of aromatic amines is 2. The van der Waals surface area contributed by atoms with Gasteiger partial charge >= 0.3 is 0 Å². The Morgan fingerprint density at radius 2 is 1.78 bits per heavy atom. The summed E-state index contributed by atoms with van der Waals surface area (Å²) in [5.41, 5.74) is 6.03. The molecule has 8 heteroatoms. The summed E-state index contributed by atoms with van der Waals surface area (Å²) in [6, 6.07) is 11.9. The molecule has 2 saturated carbocycles. The molecule has 1 unspecified atom stereocenters. The first kappa shape index (κ1) is 22.6. The van der Waals surface area contributed by atoms with Crippen LogP contribution in [0.5, 0.6) is 0 Å². The Kier molecular flexibility index (Phi) is 5.87. The molecule has 3 aromatic heterocycles. The summed E-state index contributed by atoms with van der Waals surface area (Å²) in [6.07, 6.45) is 8.97. The lowest BCUT2D eigenvalue weighted by atomic mass is 9.82. The van der Waals surface area contributed by atoms with Crippen LogP contribution >= 0.6 is 0 Å². The van der Waals surface area contributed by atoms with Crippen LogP contribution in [0.2, 0.25) is 0 Å². The molecule has 0 saturated heterocycles. The number of nitrogens with zero attached hydrogens (tertiary/aromatic N) is 4. The van der Waals surface area contributed by atoms with Crippen LogP contribution < -0.4 is 5.32 Å². The van der Waals surface area contributed by atoms with Crippen LogP contribution in [0.4, 0.5) is 5.69 Å². The van der Waals surface area contributed by atoms with Gasteiger partial charge in [0.1, 0.15) is 11.7 Å². The summed E-state index contributed by atoms with van der Waals surface area (Å²) in [5.74, 6) is 2.46. The van der Waals surface area contributed by atoms with Gasteiger partial charge in [-0.2, -0.15) is 10.2 Å². The molecule has 2 aliphatic carbocycles. The van der Waals surface area contributed by atoms with Gasteiger partial charge in [0.05, 0.1) is 5.69 Å². The van der Waals surface area contributed by atoms with Gasteiger partial charge in [0.2, 0.25) is 5.91 Å². The van der Waals surface area contributed by atoms with Crippen molar-refractivity contribution < 1.29 is 4.79 Å². The van der Waals surface area contributed by atoms with Crippen LogP contribution in [0.3, 0.4) is 0 Å². The normalized spacial score (nSPS) is 16.3. The van der Waals surface area contributed by atoms with E-state index >= 15 is 0 Å². The minimum absolute atomic E-state index is 0.0193. The molecule has 0 aliphatic heterocycles. The van der Waals surface area contributed by atoms with Gasteiger partial charge < -0.3 is 5.32 Å². The number of aromatic nitrogens is 6. The van der Waals surface area contributed by atoms with E-state index in [0.717, 1.165) is 39.6 Å². The Hall–Kier alpha value is -3.81. The van der Waals surface area contributed by atoms with E-state index in [2.05, 4.69) is 30.7 Å². The van der Waals surface area contributed by atoms with Crippen molar-refractivity contribution >= 4 is 11.6 Å². The summed E-state index contributed by atoms with van der Waals surface area (Å²) in [4.78, 5) is 22.8. The first-order valence-electron chi connectivity index (χ1n) is 12.8. The highest BCUT2D eigenvalue weighted by molar-refractivity contribution is 5.96. The average molecular weight is 482 g/mol. The SMILES string of the molecule is Cc1n[nH]c(C)c1-c1ccc(NC(=O)C(c2n[nH]c(Cc3cccnc3)n2)C(C2CC2)C2CC2)cc1. The summed E-state index contributed by atoms with van der Waals surface area (Å²) in [6.45, 7) is 4.01. The number of benzene rings is 1. The summed E-state index contributed by atoms with van der Waals surface area (Å²) in [5, 5.41) is 18.2. The van der Waals surface area contributed by atoms with E-state index in [1.165, 1.54) is 25.7 Å². The minimum atomic E-state index is -0.359. The van der Waals surface area contributed by atoms with Gasteiger partial charge in [-0.1, -0.05) is 18.2 Å². The van der Waals surface area contributed by atoms with Crippen LogP contribution in [0, 0.1) is 31.6 Å². The minimum Gasteiger partial charge on any atom is -0.325 e. The van der Waals surface area contributed by atoms with E-state index < -0.39 is 0 Å². The van der Waals surface area contributed by atoms with Gasteiger partial charge in [-0.3, -0.25) is 20.0 Å². The highest BCUT2D eigenvalue weighted by Gasteiger charge is 2.49. The van der Waals surface area contributed by atoms with Gasteiger partial charge in [-0.05, 0) is 86.6 Å². The van der Waals surface area contributed by atoms with Crippen molar-refractivity contribution in [2.75, 3.05) is 5.32 Å². The van der Waals surface area contributed by atoms with Crippen molar-refractivity contribution in [1.29, 1.82) is 0 Å². The molecule has 3 N–H and O–H groups in total. The Bertz CT molecular complexity index is 1320. The maximum absolute atomic E-state index is 13.8. The lowest BCUT2D eigenvalue weighted by Gasteiger charge is -2.24. The highest BCUT2D eigenvalue weighted by atomic mass is 16.2. The average Bonchev–Trinajstić information content (AvgIpc) is 3.82. The standard InChI is InChI=1S/C28H31N7O/c1-16-24(17(2)33-32-16)19-9-11-22(12-10-19)30-28(36)26(25(20-5-6-20)21-7-8-21)27-31-23(34-35-27)14-18-4-3-13-29-15-18/h3-4,9-13,15,20-21,25-26H,5-8,14H2,1-2H3,(H,30,36)(H,32,33)(H,31,34,35). The number of H-pyrrole nitrogens is 2. The molecule has 36 heavy (non-hydrogen) atoms. The van der Waals surface area contributed by atoms with E-state index in [9.17, 15) is 4.79 Å². The molecule has 0 spiro atoms. The quantitative estimate of drug-likeness (QED) is 0.313. The van der Waals surface area contributed by atoms with Crippen LogP contribution in [0.1, 0.15) is 60.2 Å². The van der Waals surface area contributed by atoms with Crippen LogP contribution in [0.15, 0.2) is 48.8 Å². The van der Waals surface area contributed by atoms with Gasteiger partial charge in [-0.25, -0.2) is 4.98 Å². The summed E-state index contributed by atoms with van der Waals surface area (Å²) < 4.78 is 0. The largest absolute Gasteiger partial charge is 0.325 e. The zero-order chi connectivity index (χ0) is 24.6. The number of carbonyl (C=O) groups excluding carboxylic acids is 1. The molecule has 6 rings (SSSR count). The predicted octanol–water partition coefficient (Wildman–Crippen LogP) is 4.96. The second-order valence-electron chi connectivity index (χ2n) is 10.3. The molecule has 2 aliphatic rings. The summed E-state index contributed by atoms with van der Waals surface area (Å²) >= 11 is 0. The van der Waals surface area contributed by atoms with Crippen LogP contribution in [-0.2, 0) is 11.2 Å². The molecule has 3 heterocycles. The number of nitrogens with one attached hydrogen (secondary N) is 3. The second-order valence-corrected chi connectivity index (χ2v) is 10.3. The number of hydrogen-bond donors (Lipinski definition) is 3. The van der Waals surface area contributed by atoms with Gasteiger partial charge in [-0.15, -0.1) is 0 Å². The van der Waals surface area contributed by atoms with E-state index in [0.29, 0.717) is 30.0 Å². The molecule has 1 aromatic carbocycles. The fourth-order valence-corrected chi connectivity index (χ4v) is 5.50. The maximum Gasteiger partial charge on any atom is 0.235 e. The van der Waals surface area contributed by atoms with E-state index in [1.807, 2.05) is 56.4 Å². The van der Waals surface area contributed by atoms with E-state index in [4.69, 9.17) is 4.98 Å². The highest BCUT2D eigenvalue weighted by Crippen LogP contribution is 2.54. The molecule has 8 nitrogen and oxygen atoms in total. The van der Waals surface area contributed by atoms with E-state index in [1.54, 1.807) is 6.20 Å². The first-order valence-corrected chi connectivity index (χ1v) is 12.8. The zero-order valence-corrected chi connectivity index (χ0v) is 20.7. The lowest BCUT2D eigenvalue weighted by molar-refractivity contribution is -0.119. The topological polar surface area (TPSA) is 112 Å².